The normalized spacial score (nSPS) is 32.3. The first-order chi connectivity index (χ1) is 8.36. The zero-order valence-corrected chi connectivity index (χ0v) is 12.8. The van der Waals surface area contributed by atoms with E-state index in [0.29, 0.717) is 10.8 Å². The molecule has 0 bridgehead atoms. The molecule has 0 spiro atoms. The van der Waals surface area contributed by atoms with Gasteiger partial charge >= 0.3 is 0 Å². The van der Waals surface area contributed by atoms with Crippen molar-refractivity contribution in [1.29, 1.82) is 0 Å². The van der Waals surface area contributed by atoms with Crippen molar-refractivity contribution in [2.45, 2.75) is 65.8 Å². The second kappa shape index (κ2) is 5.50. The third kappa shape index (κ3) is 4.24. The van der Waals surface area contributed by atoms with Crippen LogP contribution in [0.3, 0.4) is 0 Å². The fourth-order valence-corrected chi connectivity index (χ4v) is 4.42. The Morgan fingerprint density at radius 2 is 1.78 bits per heavy atom. The van der Waals surface area contributed by atoms with Gasteiger partial charge in [-0.05, 0) is 68.5 Å². The first-order valence-electron chi connectivity index (χ1n) is 7.80. The molecule has 18 heavy (non-hydrogen) atoms. The fraction of sp³-hybridized carbons (Fsp3) is 1.00. The molecular formula is C16H32N2. The largest absolute Gasteiger partial charge is 0.316 e. The molecule has 2 rings (SSSR count). The van der Waals surface area contributed by atoms with E-state index in [1.807, 2.05) is 0 Å². The zero-order chi connectivity index (χ0) is 13.2. The molecule has 2 heteroatoms. The zero-order valence-electron chi connectivity index (χ0n) is 12.8. The summed E-state index contributed by atoms with van der Waals surface area (Å²) in [4.78, 5) is 0. The van der Waals surface area contributed by atoms with E-state index >= 15 is 0 Å². The number of piperidine rings is 1. The molecule has 0 aromatic rings. The Balaban J connectivity index is 1.81. The topological polar surface area (TPSA) is 24.1 Å². The van der Waals surface area contributed by atoms with Crippen molar-refractivity contribution in [3.63, 3.8) is 0 Å². The highest BCUT2D eigenvalue weighted by atomic mass is 14.9. The van der Waals surface area contributed by atoms with Gasteiger partial charge in [0.1, 0.15) is 0 Å². The van der Waals surface area contributed by atoms with Crippen LogP contribution in [0.5, 0.6) is 0 Å². The highest BCUT2D eigenvalue weighted by molar-refractivity contribution is 4.92. The maximum atomic E-state index is 3.86. The second-order valence-electron chi connectivity index (χ2n) is 8.23. The molecule has 106 valence electrons. The van der Waals surface area contributed by atoms with Crippen molar-refractivity contribution < 1.29 is 0 Å². The number of hydrogen-bond donors (Lipinski definition) is 2. The number of nitrogens with one attached hydrogen (secondary N) is 2. The van der Waals surface area contributed by atoms with Crippen LogP contribution in [-0.4, -0.2) is 25.7 Å². The third-order valence-electron chi connectivity index (χ3n) is 4.65. The first kappa shape index (κ1) is 14.3. The molecule has 1 saturated heterocycles. The van der Waals surface area contributed by atoms with Crippen LogP contribution in [0.2, 0.25) is 0 Å². The fourth-order valence-electron chi connectivity index (χ4n) is 4.42. The Bertz CT molecular complexity index is 248. The molecule has 1 atom stereocenters. The molecule has 1 unspecified atom stereocenters. The predicted octanol–water partition coefficient (Wildman–Crippen LogP) is 3.18. The minimum absolute atomic E-state index is 0.504. The van der Waals surface area contributed by atoms with Crippen LogP contribution in [0, 0.1) is 16.7 Å². The van der Waals surface area contributed by atoms with E-state index in [1.54, 1.807) is 0 Å². The smallest absolute Gasteiger partial charge is 0.00773 e. The Labute approximate surface area is 113 Å². The molecule has 1 aliphatic heterocycles. The lowest BCUT2D eigenvalue weighted by Gasteiger charge is -2.45. The molecule has 2 fully saturated rings. The van der Waals surface area contributed by atoms with Gasteiger partial charge in [0.15, 0.2) is 0 Å². The second-order valence-corrected chi connectivity index (χ2v) is 8.23. The highest BCUT2D eigenvalue weighted by Crippen LogP contribution is 2.45. The maximum absolute atomic E-state index is 3.86. The first-order valence-corrected chi connectivity index (χ1v) is 7.80. The number of hydrogen-bond acceptors (Lipinski definition) is 2. The molecule has 1 aliphatic carbocycles. The van der Waals surface area contributed by atoms with Crippen LogP contribution in [0.4, 0.5) is 0 Å². The average molecular weight is 252 g/mol. The molecule has 0 amide bonds. The van der Waals surface area contributed by atoms with Gasteiger partial charge in [-0.1, -0.05) is 27.7 Å². The minimum atomic E-state index is 0.504. The van der Waals surface area contributed by atoms with Crippen molar-refractivity contribution in [2.75, 3.05) is 19.6 Å². The molecule has 2 aliphatic rings. The summed E-state index contributed by atoms with van der Waals surface area (Å²) >= 11 is 0. The van der Waals surface area contributed by atoms with Gasteiger partial charge in [-0.15, -0.1) is 0 Å². The van der Waals surface area contributed by atoms with Gasteiger partial charge in [0, 0.05) is 6.04 Å². The SMILES string of the molecule is CC1(C)CC(NCC2CCCNC2)CC(C)(C)C1. The van der Waals surface area contributed by atoms with Gasteiger partial charge in [0.05, 0.1) is 0 Å². The summed E-state index contributed by atoms with van der Waals surface area (Å²) in [7, 11) is 0. The van der Waals surface area contributed by atoms with E-state index in [0.717, 1.165) is 12.0 Å². The van der Waals surface area contributed by atoms with Crippen LogP contribution in [-0.2, 0) is 0 Å². The van der Waals surface area contributed by atoms with Crippen molar-refractivity contribution in [2.24, 2.45) is 16.7 Å². The van der Waals surface area contributed by atoms with Gasteiger partial charge in [-0.3, -0.25) is 0 Å². The Kier molecular flexibility index (Phi) is 4.38. The summed E-state index contributed by atoms with van der Waals surface area (Å²) in [6.07, 6.45) is 6.81. The Morgan fingerprint density at radius 1 is 1.11 bits per heavy atom. The van der Waals surface area contributed by atoms with Crippen molar-refractivity contribution >= 4 is 0 Å². The molecular weight excluding hydrogens is 220 g/mol. The number of rotatable bonds is 3. The van der Waals surface area contributed by atoms with Gasteiger partial charge in [-0.25, -0.2) is 0 Å². The van der Waals surface area contributed by atoms with Crippen molar-refractivity contribution in [1.82, 2.24) is 10.6 Å². The molecule has 0 aromatic heterocycles. The summed E-state index contributed by atoms with van der Waals surface area (Å²) in [6, 6.07) is 0.727. The van der Waals surface area contributed by atoms with Crippen molar-refractivity contribution in [3.8, 4) is 0 Å². The van der Waals surface area contributed by atoms with E-state index in [1.165, 1.54) is 51.7 Å². The third-order valence-corrected chi connectivity index (χ3v) is 4.65. The maximum Gasteiger partial charge on any atom is 0.00773 e. The van der Waals surface area contributed by atoms with Crippen LogP contribution in [0.25, 0.3) is 0 Å². The van der Waals surface area contributed by atoms with Crippen LogP contribution in [0.15, 0.2) is 0 Å². The van der Waals surface area contributed by atoms with Gasteiger partial charge < -0.3 is 10.6 Å². The van der Waals surface area contributed by atoms with E-state index in [9.17, 15) is 0 Å². The van der Waals surface area contributed by atoms with E-state index in [-0.39, 0.29) is 0 Å². The Morgan fingerprint density at radius 3 is 2.33 bits per heavy atom. The van der Waals surface area contributed by atoms with Crippen LogP contribution in [0.1, 0.15) is 59.8 Å². The molecule has 2 N–H and O–H groups in total. The van der Waals surface area contributed by atoms with E-state index in [2.05, 4.69) is 38.3 Å². The van der Waals surface area contributed by atoms with E-state index < -0.39 is 0 Å². The molecule has 1 saturated carbocycles. The summed E-state index contributed by atoms with van der Waals surface area (Å²) in [6.45, 7) is 13.4. The summed E-state index contributed by atoms with van der Waals surface area (Å²) in [5, 5.41) is 7.38. The van der Waals surface area contributed by atoms with Crippen LogP contribution >= 0.6 is 0 Å². The monoisotopic (exact) mass is 252 g/mol. The standard InChI is InChI=1S/C16H32N2/c1-15(2)8-14(9-16(3,4)12-15)18-11-13-6-5-7-17-10-13/h13-14,17-18H,5-12H2,1-4H3. The summed E-state index contributed by atoms with van der Waals surface area (Å²) in [5.74, 6) is 0.854. The minimum Gasteiger partial charge on any atom is -0.316 e. The predicted molar refractivity (Wildman–Crippen MR) is 78.8 cm³/mol. The molecule has 0 aromatic carbocycles. The van der Waals surface area contributed by atoms with Gasteiger partial charge in [0.2, 0.25) is 0 Å². The van der Waals surface area contributed by atoms with Gasteiger partial charge in [0.25, 0.3) is 0 Å². The summed E-state index contributed by atoms with van der Waals surface area (Å²) < 4.78 is 0. The molecule has 2 nitrogen and oxygen atoms in total. The van der Waals surface area contributed by atoms with Gasteiger partial charge in [-0.2, -0.15) is 0 Å². The highest BCUT2D eigenvalue weighted by Gasteiger charge is 2.38. The average Bonchev–Trinajstić information content (AvgIpc) is 2.24. The van der Waals surface area contributed by atoms with Crippen LogP contribution < -0.4 is 10.6 Å². The lowest BCUT2D eigenvalue weighted by atomic mass is 9.63. The molecule has 0 radical (unpaired) electrons. The van der Waals surface area contributed by atoms with Crippen molar-refractivity contribution in [3.05, 3.63) is 0 Å². The quantitative estimate of drug-likeness (QED) is 0.806. The summed E-state index contributed by atoms with van der Waals surface area (Å²) in [5.41, 5.74) is 1.01. The molecule has 1 heterocycles. The van der Waals surface area contributed by atoms with E-state index in [4.69, 9.17) is 0 Å². The lowest BCUT2D eigenvalue weighted by Crippen LogP contribution is -2.46. The Hall–Kier alpha value is -0.0800. The lowest BCUT2D eigenvalue weighted by molar-refractivity contribution is 0.0828.